The summed E-state index contributed by atoms with van der Waals surface area (Å²) in [5.74, 6) is 0.355. The Hall–Kier alpha value is -2.41. The van der Waals surface area contributed by atoms with Gasteiger partial charge in [0, 0.05) is 12.1 Å². The van der Waals surface area contributed by atoms with Gasteiger partial charge in [-0.05, 0) is 42.5 Å². The fourth-order valence-electron chi connectivity index (χ4n) is 2.25. The lowest BCUT2D eigenvalue weighted by Gasteiger charge is -2.12. The summed E-state index contributed by atoms with van der Waals surface area (Å²) >= 11 is 0. The van der Waals surface area contributed by atoms with Crippen molar-refractivity contribution in [1.82, 2.24) is 0 Å². The van der Waals surface area contributed by atoms with Crippen LogP contribution in [0, 0.1) is 17.0 Å². The van der Waals surface area contributed by atoms with Gasteiger partial charge in [0.15, 0.2) is 0 Å². The molecule has 1 atom stereocenters. The molecule has 0 fully saturated rings. The number of nitrogens with zero attached hydrogens (tertiary/aromatic N) is 1. The highest BCUT2D eigenvalue weighted by Crippen LogP contribution is 2.26. The Bertz CT molecular complexity index is 845. The lowest BCUT2D eigenvalue weighted by molar-refractivity contribution is -0.384. The maximum absolute atomic E-state index is 12.5. The molecule has 0 bridgehead atoms. The van der Waals surface area contributed by atoms with E-state index in [0.29, 0.717) is 11.5 Å². The van der Waals surface area contributed by atoms with E-state index in [2.05, 4.69) is 18.6 Å². The Kier molecular flexibility index (Phi) is 5.23. The van der Waals surface area contributed by atoms with Gasteiger partial charge in [-0.3, -0.25) is 14.8 Å². The molecule has 128 valence electrons. The first-order valence-electron chi connectivity index (χ1n) is 7.62. The summed E-state index contributed by atoms with van der Waals surface area (Å²) in [6, 6.07) is 10.8. The van der Waals surface area contributed by atoms with Crippen LogP contribution in [0.1, 0.15) is 37.3 Å². The third kappa shape index (κ3) is 3.91. The van der Waals surface area contributed by atoms with Gasteiger partial charge >= 0.3 is 0 Å². The average Bonchev–Trinajstić information content (AvgIpc) is 2.55. The Balaban J connectivity index is 2.32. The van der Waals surface area contributed by atoms with Gasteiger partial charge < -0.3 is 0 Å². The molecule has 0 spiro atoms. The first-order chi connectivity index (χ1) is 11.2. The van der Waals surface area contributed by atoms with Gasteiger partial charge in [0.05, 0.1) is 15.5 Å². The molecule has 0 aliphatic rings. The predicted molar refractivity (Wildman–Crippen MR) is 93.8 cm³/mol. The zero-order chi connectivity index (χ0) is 17.9. The van der Waals surface area contributed by atoms with E-state index in [-0.39, 0.29) is 16.3 Å². The van der Waals surface area contributed by atoms with Gasteiger partial charge in [-0.25, -0.2) is 8.42 Å². The van der Waals surface area contributed by atoms with Crippen LogP contribution in [-0.4, -0.2) is 13.3 Å². The summed E-state index contributed by atoms with van der Waals surface area (Å²) in [4.78, 5) is 10.4. The number of benzene rings is 2. The van der Waals surface area contributed by atoms with Crippen molar-refractivity contribution in [3.8, 4) is 0 Å². The Morgan fingerprint density at radius 2 is 1.79 bits per heavy atom. The van der Waals surface area contributed by atoms with E-state index >= 15 is 0 Å². The zero-order valence-electron chi connectivity index (χ0n) is 13.8. The third-order valence-electron chi connectivity index (χ3n) is 4.05. The number of nitro groups is 1. The van der Waals surface area contributed by atoms with Crippen molar-refractivity contribution in [2.75, 3.05) is 4.72 Å². The number of aryl methyl sites for hydroxylation is 1. The van der Waals surface area contributed by atoms with Gasteiger partial charge in [-0.1, -0.05) is 32.0 Å². The van der Waals surface area contributed by atoms with Crippen molar-refractivity contribution in [2.45, 2.75) is 38.0 Å². The van der Waals surface area contributed by atoms with Crippen LogP contribution < -0.4 is 4.72 Å². The molecule has 0 aliphatic carbocycles. The molecule has 2 rings (SSSR count). The minimum atomic E-state index is -3.80. The number of rotatable bonds is 6. The zero-order valence-corrected chi connectivity index (χ0v) is 14.6. The van der Waals surface area contributed by atoms with Crippen LogP contribution in [0.5, 0.6) is 0 Å². The highest BCUT2D eigenvalue weighted by Gasteiger charge is 2.18. The standard InChI is InChI=1S/C17H20N2O4S/c1-4-12(2)14-6-9-16(10-7-14)24(22,23)18-17-11-15(19(20)21)8-5-13(17)3/h5-12,18H,4H2,1-3H3/t12-/m0/s1. The van der Waals surface area contributed by atoms with Gasteiger partial charge in [0.2, 0.25) is 0 Å². The second-order valence-corrected chi connectivity index (χ2v) is 7.42. The predicted octanol–water partition coefficient (Wildman–Crippen LogP) is 4.22. The topological polar surface area (TPSA) is 89.3 Å². The molecule has 0 saturated heterocycles. The number of non-ortho nitro benzene ring substituents is 1. The number of nitro benzene ring substituents is 1. The number of hydrogen-bond acceptors (Lipinski definition) is 4. The summed E-state index contributed by atoms with van der Waals surface area (Å²) in [5, 5.41) is 10.9. The maximum Gasteiger partial charge on any atom is 0.271 e. The molecule has 1 N–H and O–H groups in total. The van der Waals surface area contributed by atoms with Gasteiger partial charge in [-0.15, -0.1) is 0 Å². The van der Waals surface area contributed by atoms with Gasteiger partial charge in [0.25, 0.3) is 15.7 Å². The Morgan fingerprint density at radius 1 is 1.17 bits per heavy atom. The van der Waals surface area contributed by atoms with Crippen LogP contribution in [0.2, 0.25) is 0 Å². The van der Waals surface area contributed by atoms with Crippen LogP contribution in [0.15, 0.2) is 47.4 Å². The van der Waals surface area contributed by atoms with E-state index in [1.54, 1.807) is 31.2 Å². The van der Waals surface area contributed by atoms with E-state index < -0.39 is 14.9 Å². The number of hydrogen-bond donors (Lipinski definition) is 1. The second-order valence-electron chi connectivity index (χ2n) is 5.74. The molecular formula is C17H20N2O4S. The van der Waals surface area contributed by atoms with Gasteiger partial charge in [-0.2, -0.15) is 0 Å². The largest absolute Gasteiger partial charge is 0.279 e. The molecular weight excluding hydrogens is 328 g/mol. The van der Waals surface area contributed by atoms with Gasteiger partial charge in [0.1, 0.15) is 0 Å². The van der Waals surface area contributed by atoms with E-state index in [9.17, 15) is 18.5 Å². The lowest BCUT2D eigenvalue weighted by atomic mass is 9.99. The van der Waals surface area contributed by atoms with Crippen LogP contribution in [-0.2, 0) is 10.0 Å². The average molecular weight is 348 g/mol. The first kappa shape index (κ1) is 17.9. The smallest absolute Gasteiger partial charge is 0.271 e. The second kappa shape index (κ2) is 7.00. The van der Waals surface area contributed by atoms with Crippen LogP contribution in [0.25, 0.3) is 0 Å². The van der Waals surface area contributed by atoms with Crippen molar-refractivity contribution in [2.24, 2.45) is 0 Å². The third-order valence-corrected chi connectivity index (χ3v) is 5.43. The summed E-state index contributed by atoms with van der Waals surface area (Å²) in [6.45, 7) is 5.84. The van der Waals surface area contributed by atoms with Crippen LogP contribution in [0.4, 0.5) is 11.4 Å². The summed E-state index contributed by atoms with van der Waals surface area (Å²) in [7, 11) is -3.80. The SMILES string of the molecule is CC[C@H](C)c1ccc(S(=O)(=O)Nc2cc([N+](=O)[O-])ccc2C)cc1. The quantitative estimate of drug-likeness (QED) is 0.625. The normalized spacial score (nSPS) is 12.6. The minimum Gasteiger partial charge on any atom is -0.279 e. The molecule has 2 aromatic carbocycles. The molecule has 0 amide bonds. The molecule has 0 heterocycles. The van der Waals surface area contributed by atoms with Crippen molar-refractivity contribution in [3.63, 3.8) is 0 Å². The Labute approximate surface area is 141 Å². The molecule has 0 aromatic heterocycles. The highest BCUT2D eigenvalue weighted by molar-refractivity contribution is 7.92. The summed E-state index contributed by atoms with van der Waals surface area (Å²) in [6.07, 6.45) is 0.969. The summed E-state index contributed by atoms with van der Waals surface area (Å²) in [5.41, 5.74) is 1.73. The Morgan fingerprint density at radius 3 is 2.33 bits per heavy atom. The van der Waals surface area contributed by atoms with E-state index in [1.165, 1.54) is 18.2 Å². The van der Waals surface area contributed by atoms with Crippen molar-refractivity contribution in [1.29, 1.82) is 0 Å². The molecule has 6 nitrogen and oxygen atoms in total. The van der Waals surface area contributed by atoms with Crippen molar-refractivity contribution < 1.29 is 13.3 Å². The molecule has 0 unspecified atom stereocenters. The molecule has 0 aliphatic heterocycles. The number of nitrogens with one attached hydrogen (secondary N) is 1. The highest BCUT2D eigenvalue weighted by atomic mass is 32.2. The van der Waals surface area contributed by atoms with Crippen molar-refractivity contribution >= 4 is 21.4 Å². The molecule has 2 aromatic rings. The number of sulfonamides is 1. The fraction of sp³-hybridized carbons (Fsp3) is 0.294. The maximum atomic E-state index is 12.5. The first-order valence-corrected chi connectivity index (χ1v) is 9.10. The minimum absolute atomic E-state index is 0.125. The monoisotopic (exact) mass is 348 g/mol. The summed E-state index contributed by atoms with van der Waals surface area (Å²) < 4.78 is 27.4. The molecule has 0 radical (unpaired) electrons. The molecule has 24 heavy (non-hydrogen) atoms. The van der Waals surface area contributed by atoms with E-state index in [0.717, 1.165) is 12.0 Å². The van der Waals surface area contributed by atoms with Crippen molar-refractivity contribution in [3.05, 3.63) is 63.7 Å². The fourth-order valence-corrected chi connectivity index (χ4v) is 3.37. The van der Waals surface area contributed by atoms with Crippen LogP contribution >= 0.6 is 0 Å². The van der Waals surface area contributed by atoms with E-state index in [1.807, 2.05) is 0 Å². The lowest BCUT2D eigenvalue weighted by Crippen LogP contribution is -2.14. The molecule has 0 saturated carbocycles. The van der Waals surface area contributed by atoms with E-state index in [4.69, 9.17) is 0 Å². The van der Waals surface area contributed by atoms with Crippen LogP contribution in [0.3, 0.4) is 0 Å². The molecule has 7 heteroatoms. The number of anilines is 1.